The molecule has 2 aromatic carbocycles. The fourth-order valence-electron chi connectivity index (χ4n) is 1.99. The van der Waals surface area contributed by atoms with Crippen LogP contribution in [-0.4, -0.2) is 20.0 Å². The van der Waals surface area contributed by atoms with Crippen molar-refractivity contribution in [2.45, 2.75) is 6.42 Å². The Labute approximate surface area is 121 Å². The lowest BCUT2D eigenvalue weighted by Gasteiger charge is -2.09. The summed E-state index contributed by atoms with van der Waals surface area (Å²) in [5, 5.41) is 0. The van der Waals surface area contributed by atoms with Crippen molar-refractivity contribution in [2.75, 3.05) is 14.2 Å². The first-order valence-corrected chi connectivity index (χ1v) is 6.24. The Morgan fingerprint density at radius 3 is 2.33 bits per heavy atom. The number of ketones is 1. The zero-order valence-corrected chi connectivity index (χ0v) is 11.7. The van der Waals surface area contributed by atoms with E-state index in [4.69, 9.17) is 9.47 Å². The van der Waals surface area contributed by atoms with E-state index in [2.05, 4.69) is 0 Å². The molecule has 0 N–H and O–H groups in total. The number of carbonyl (C=O) groups is 1. The Hall–Kier alpha value is -2.43. The lowest BCUT2D eigenvalue weighted by Crippen LogP contribution is -2.07. The highest BCUT2D eigenvalue weighted by Crippen LogP contribution is 2.28. The number of Topliss-reactive ketones (excluding diaryl/α,β-unsaturated/α-hetero) is 1. The van der Waals surface area contributed by atoms with E-state index < -0.39 is 17.4 Å². The summed E-state index contributed by atoms with van der Waals surface area (Å²) in [5.41, 5.74) is 0.521. The fourth-order valence-corrected chi connectivity index (χ4v) is 1.99. The molecular formula is C16H14F2O3. The number of hydrogen-bond acceptors (Lipinski definition) is 3. The number of ether oxygens (including phenoxy) is 2. The molecule has 0 radical (unpaired) electrons. The largest absolute Gasteiger partial charge is 0.493 e. The summed E-state index contributed by atoms with van der Waals surface area (Å²) in [6.07, 6.45) is -0.0110. The third kappa shape index (κ3) is 3.37. The van der Waals surface area contributed by atoms with Crippen LogP contribution in [0, 0.1) is 11.6 Å². The maximum absolute atomic E-state index is 13.6. The van der Waals surface area contributed by atoms with Crippen molar-refractivity contribution in [3.8, 4) is 11.5 Å². The van der Waals surface area contributed by atoms with Gasteiger partial charge in [0.2, 0.25) is 0 Å². The molecular weight excluding hydrogens is 278 g/mol. The molecule has 0 saturated heterocycles. The van der Waals surface area contributed by atoms with Crippen molar-refractivity contribution in [1.29, 1.82) is 0 Å². The van der Waals surface area contributed by atoms with Crippen LogP contribution in [0.15, 0.2) is 36.4 Å². The Bertz CT molecular complexity index is 669. The number of carbonyl (C=O) groups excluding carboxylic acids is 1. The Morgan fingerprint density at radius 1 is 1.00 bits per heavy atom. The second kappa shape index (κ2) is 6.35. The predicted molar refractivity (Wildman–Crippen MR) is 73.9 cm³/mol. The van der Waals surface area contributed by atoms with Crippen molar-refractivity contribution in [3.63, 3.8) is 0 Å². The van der Waals surface area contributed by atoms with Crippen molar-refractivity contribution in [2.24, 2.45) is 0 Å². The van der Waals surface area contributed by atoms with E-state index in [-0.39, 0.29) is 12.0 Å². The summed E-state index contributed by atoms with van der Waals surface area (Å²) in [6, 6.07) is 7.92. The second-order valence-corrected chi connectivity index (χ2v) is 4.41. The molecule has 0 saturated carbocycles. The molecule has 0 fully saturated rings. The fraction of sp³-hybridized carbons (Fsp3) is 0.188. The maximum atomic E-state index is 13.6. The van der Waals surface area contributed by atoms with E-state index in [0.29, 0.717) is 23.1 Å². The summed E-state index contributed by atoms with van der Waals surface area (Å²) in [4.78, 5) is 12.1. The number of halogens is 2. The molecule has 0 aliphatic heterocycles. The van der Waals surface area contributed by atoms with Crippen LogP contribution in [0.5, 0.6) is 11.5 Å². The van der Waals surface area contributed by atoms with E-state index in [1.54, 1.807) is 18.2 Å². The molecule has 0 atom stereocenters. The highest BCUT2D eigenvalue weighted by atomic mass is 19.1. The van der Waals surface area contributed by atoms with Crippen LogP contribution in [0.1, 0.15) is 15.9 Å². The van der Waals surface area contributed by atoms with Crippen LogP contribution >= 0.6 is 0 Å². The third-order valence-electron chi connectivity index (χ3n) is 3.04. The maximum Gasteiger partial charge on any atom is 0.170 e. The van der Waals surface area contributed by atoms with Gasteiger partial charge in [0, 0.05) is 12.5 Å². The average Bonchev–Trinajstić information content (AvgIpc) is 2.46. The van der Waals surface area contributed by atoms with E-state index >= 15 is 0 Å². The minimum absolute atomic E-state index is 0.0110. The van der Waals surface area contributed by atoms with Crippen LogP contribution < -0.4 is 9.47 Å². The van der Waals surface area contributed by atoms with Crippen molar-refractivity contribution in [3.05, 3.63) is 59.2 Å². The van der Waals surface area contributed by atoms with Gasteiger partial charge < -0.3 is 9.47 Å². The Kier molecular flexibility index (Phi) is 4.52. The normalized spacial score (nSPS) is 10.3. The summed E-state index contributed by atoms with van der Waals surface area (Å²) >= 11 is 0. The molecule has 0 unspecified atom stereocenters. The minimum atomic E-state index is -0.861. The topological polar surface area (TPSA) is 35.5 Å². The second-order valence-electron chi connectivity index (χ2n) is 4.41. The average molecular weight is 292 g/mol. The van der Waals surface area contributed by atoms with Gasteiger partial charge in [-0.25, -0.2) is 8.78 Å². The minimum Gasteiger partial charge on any atom is -0.493 e. The molecule has 0 bridgehead atoms. The molecule has 2 rings (SSSR count). The Balaban J connectivity index is 2.23. The highest BCUT2D eigenvalue weighted by molar-refractivity contribution is 5.97. The summed E-state index contributed by atoms with van der Waals surface area (Å²) in [7, 11) is 3.00. The van der Waals surface area contributed by atoms with Gasteiger partial charge in [-0.2, -0.15) is 0 Å². The summed E-state index contributed by atoms with van der Waals surface area (Å²) in [5.74, 6) is -0.973. The van der Waals surface area contributed by atoms with Gasteiger partial charge in [-0.3, -0.25) is 4.79 Å². The monoisotopic (exact) mass is 292 g/mol. The third-order valence-corrected chi connectivity index (χ3v) is 3.04. The molecule has 110 valence electrons. The molecule has 5 heteroatoms. The van der Waals surface area contributed by atoms with E-state index in [0.717, 1.165) is 12.1 Å². The zero-order valence-electron chi connectivity index (χ0n) is 11.7. The van der Waals surface area contributed by atoms with Gasteiger partial charge in [0.05, 0.1) is 19.8 Å². The van der Waals surface area contributed by atoms with Crippen LogP contribution in [0.3, 0.4) is 0 Å². The van der Waals surface area contributed by atoms with Gasteiger partial charge in [0.15, 0.2) is 17.3 Å². The van der Waals surface area contributed by atoms with Crippen molar-refractivity contribution >= 4 is 5.78 Å². The van der Waals surface area contributed by atoms with E-state index in [1.165, 1.54) is 14.2 Å². The number of methoxy groups -OCH3 is 2. The highest BCUT2D eigenvalue weighted by Gasteiger charge is 2.14. The SMILES string of the molecule is COc1ccc(CC(=O)c2ccc(F)cc2F)cc1OC. The van der Waals surface area contributed by atoms with E-state index in [9.17, 15) is 13.6 Å². The molecule has 2 aromatic rings. The quantitative estimate of drug-likeness (QED) is 0.792. The summed E-state index contributed by atoms with van der Waals surface area (Å²) < 4.78 is 36.6. The first-order valence-electron chi connectivity index (χ1n) is 6.24. The van der Waals surface area contributed by atoms with Gasteiger partial charge in [-0.15, -0.1) is 0 Å². The number of benzene rings is 2. The standard InChI is InChI=1S/C16H14F2O3/c1-20-15-6-3-10(8-16(15)21-2)7-14(19)12-5-4-11(17)9-13(12)18/h3-6,8-9H,7H2,1-2H3. The molecule has 0 heterocycles. The van der Waals surface area contributed by atoms with Crippen LogP contribution in [0.4, 0.5) is 8.78 Å². The lowest BCUT2D eigenvalue weighted by molar-refractivity contribution is 0.0989. The van der Waals surface area contributed by atoms with Gasteiger partial charge in [0.1, 0.15) is 11.6 Å². The zero-order chi connectivity index (χ0) is 15.4. The smallest absolute Gasteiger partial charge is 0.170 e. The first-order chi connectivity index (χ1) is 10.0. The van der Waals surface area contributed by atoms with Gasteiger partial charge in [0.25, 0.3) is 0 Å². The number of hydrogen-bond donors (Lipinski definition) is 0. The Morgan fingerprint density at radius 2 is 1.71 bits per heavy atom. The molecule has 3 nitrogen and oxygen atoms in total. The molecule has 0 aromatic heterocycles. The summed E-state index contributed by atoms with van der Waals surface area (Å²) in [6.45, 7) is 0. The number of rotatable bonds is 5. The molecule has 0 amide bonds. The van der Waals surface area contributed by atoms with Crippen molar-refractivity contribution < 1.29 is 23.0 Å². The predicted octanol–water partition coefficient (Wildman–Crippen LogP) is 3.41. The van der Waals surface area contributed by atoms with Gasteiger partial charge in [-0.1, -0.05) is 6.07 Å². The molecule has 0 spiro atoms. The first kappa shape index (κ1) is 15.0. The molecule has 0 aliphatic rings. The molecule has 21 heavy (non-hydrogen) atoms. The van der Waals surface area contributed by atoms with Gasteiger partial charge >= 0.3 is 0 Å². The van der Waals surface area contributed by atoms with Gasteiger partial charge in [-0.05, 0) is 29.8 Å². The molecule has 0 aliphatic carbocycles. The van der Waals surface area contributed by atoms with E-state index in [1.807, 2.05) is 0 Å². The van der Waals surface area contributed by atoms with Crippen molar-refractivity contribution in [1.82, 2.24) is 0 Å². The van der Waals surface area contributed by atoms with Crippen LogP contribution in [0.25, 0.3) is 0 Å². The van der Waals surface area contributed by atoms with Crippen LogP contribution in [-0.2, 0) is 6.42 Å². The van der Waals surface area contributed by atoms with Crippen LogP contribution in [0.2, 0.25) is 0 Å². The lowest BCUT2D eigenvalue weighted by atomic mass is 10.0.